The molecule has 0 saturated carbocycles. The molecule has 1 aliphatic rings. The van der Waals surface area contributed by atoms with Gasteiger partial charge in [0.15, 0.2) is 0 Å². The van der Waals surface area contributed by atoms with E-state index in [1.54, 1.807) is 29.2 Å². The number of ether oxygens (including phenoxy) is 2. The van der Waals surface area contributed by atoms with E-state index in [9.17, 15) is 9.59 Å². The highest BCUT2D eigenvalue weighted by atomic mass is 79.9. The van der Waals surface area contributed by atoms with Crippen molar-refractivity contribution in [2.24, 2.45) is 0 Å². The Morgan fingerprint density at radius 3 is 2.88 bits per heavy atom. The van der Waals surface area contributed by atoms with Gasteiger partial charge in [-0.2, -0.15) is 0 Å². The van der Waals surface area contributed by atoms with Crippen LogP contribution in [0.25, 0.3) is 0 Å². The summed E-state index contributed by atoms with van der Waals surface area (Å²) in [4.78, 5) is 26.0. The summed E-state index contributed by atoms with van der Waals surface area (Å²) in [5.41, 5.74) is 2.02. The van der Waals surface area contributed by atoms with Crippen molar-refractivity contribution in [3.8, 4) is 5.75 Å². The molecule has 124 valence electrons. The number of anilines is 1. The summed E-state index contributed by atoms with van der Waals surface area (Å²) in [6, 6.07) is 12.6. The first-order valence-corrected chi connectivity index (χ1v) is 8.28. The molecule has 5 nitrogen and oxygen atoms in total. The third-order valence-corrected chi connectivity index (χ3v) is 4.27. The van der Waals surface area contributed by atoms with Gasteiger partial charge in [0.25, 0.3) is 5.91 Å². The molecular formula is C18H16BrNO4. The van der Waals surface area contributed by atoms with Crippen LogP contribution in [0.5, 0.6) is 5.75 Å². The second-order valence-corrected chi connectivity index (χ2v) is 6.29. The van der Waals surface area contributed by atoms with Gasteiger partial charge < -0.3 is 14.4 Å². The number of amides is 1. The maximum atomic E-state index is 12.9. The molecule has 1 aliphatic heterocycles. The summed E-state index contributed by atoms with van der Waals surface area (Å²) in [5, 5.41) is 0. The topological polar surface area (TPSA) is 55.8 Å². The van der Waals surface area contributed by atoms with Crippen LogP contribution < -0.4 is 9.64 Å². The van der Waals surface area contributed by atoms with Crippen molar-refractivity contribution in [1.82, 2.24) is 0 Å². The van der Waals surface area contributed by atoms with E-state index in [1.807, 2.05) is 18.2 Å². The van der Waals surface area contributed by atoms with Crippen LogP contribution in [0.4, 0.5) is 5.69 Å². The molecule has 2 aromatic carbocycles. The minimum absolute atomic E-state index is 0.117. The van der Waals surface area contributed by atoms with Gasteiger partial charge in [-0.15, -0.1) is 0 Å². The van der Waals surface area contributed by atoms with Crippen molar-refractivity contribution in [2.45, 2.75) is 6.42 Å². The molecule has 3 rings (SSSR count). The molecular weight excluding hydrogens is 374 g/mol. The summed E-state index contributed by atoms with van der Waals surface area (Å²) in [6.07, 6.45) is 0.143. The van der Waals surface area contributed by atoms with Crippen LogP contribution in [0.3, 0.4) is 0 Å². The van der Waals surface area contributed by atoms with Gasteiger partial charge in [-0.05, 0) is 35.9 Å². The van der Waals surface area contributed by atoms with Crippen molar-refractivity contribution in [3.63, 3.8) is 0 Å². The van der Waals surface area contributed by atoms with Crippen molar-refractivity contribution in [1.29, 1.82) is 0 Å². The lowest BCUT2D eigenvalue weighted by molar-refractivity contribution is -0.139. The Balaban J connectivity index is 1.88. The van der Waals surface area contributed by atoms with Gasteiger partial charge >= 0.3 is 5.97 Å². The minimum atomic E-state index is -0.332. The van der Waals surface area contributed by atoms with E-state index in [-0.39, 0.29) is 18.3 Å². The summed E-state index contributed by atoms with van der Waals surface area (Å²) in [7, 11) is 1.35. The Labute approximate surface area is 148 Å². The number of nitrogens with zero attached hydrogens (tertiary/aromatic N) is 1. The largest absolute Gasteiger partial charge is 0.489 e. The van der Waals surface area contributed by atoms with Gasteiger partial charge in [-0.25, -0.2) is 0 Å². The van der Waals surface area contributed by atoms with Gasteiger partial charge in [0.1, 0.15) is 12.4 Å². The van der Waals surface area contributed by atoms with E-state index < -0.39 is 0 Å². The number of fused-ring (bicyclic) bond motifs is 1. The molecule has 0 aromatic heterocycles. The molecule has 0 spiro atoms. The monoisotopic (exact) mass is 389 g/mol. The number of methoxy groups -OCH3 is 1. The molecule has 0 saturated heterocycles. The highest BCUT2D eigenvalue weighted by Crippen LogP contribution is 2.34. The van der Waals surface area contributed by atoms with Gasteiger partial charge in [0.2, 0.25) is 0 Å². The first kappa shape index (κ1) is 16.5. The Kier molecular flexibility index (Phi) is 4.85. The SMILES string of the molecule is COC(=O)Cc1cccc(C(=O)N2CCOc3cc(Br)ccc32)c1. The molecule has 24 heavy (non-hydrogen) atoms. The van der Waals surface area contributed by atoms with E-state index >= 15 is 0 Å². The quantitative estimate of drug-likeness (QED) is 0.756. The Morgan fingerprint density at radius 2 is 2.08 bits per heavy atom. The highest BCUT2D eigenvalue weighted by molar-refractivity contribution is 9.10. The molecule has 0 bridgehead atoms. The smallest absolute Gasteiger partial charge is 0.309 e. The normalized spacial score (nSPS) is 13.0. The van der Waals surface area contributed by atoms with Crippen molar-refractivity contribution in [3.05, 3.63) is 58.1 Å². The van der Waals surface area contributed by atoms with E-state index in [0.29, 0.717) is 24.5 Å². The molecule has 6 heteroatoms. The second kappa shape index (κ2) is 7.05. The zero-order valence-corrected chi connectivity index (χ0v) is 14.7. The lowest BCUT2D eigenvalue weighted by Gasteiger charge is -2.29. The predicted octanol–water partition coefficient (Wildman–Crippen LogP) is 3.20. The Hall–Kier alpha value is -2.34. The van der Waals surface area contributed by atoms with Gasteiger partial charge in [-0.1, -0.05) is 28.1 Å². The average Bonchev–Trinajstić information content (AvgIpc) is 2.60. The maximum absolute atomic E-state index is 12.9. The van der Waals surface area contributed by atoms with Crippen molar-refractivity contribution >= 4 is 33.5 Å². The predicted molar refractivity (Wildman–Crippen MR) is 93.5 cm³/mol. The van der Waals surface area contributed by atoms with Crippen LogP contribution in [-0.2, 0) is 16.0 Å². The minimum Gasteiger partial charge on any atom is -0.489 e. The van der Waals surface area contributed by atoms with Crippen LogP contribution in [0.2, 0.25) is 0 Å². The average molecular weight is 390 g/mol. The third-order valence-electron chi connectivity index (χ3n) is 3.78. The second-order valence-electron chi connectivity index (χ2n) is 5.37. The molecule has 2 aromatic rings. The van der Waals surface area contributed by atoms with Crippen LogP contribution in [-0.4, -0.2) is 32.1 Å². The van der Waals surface area contributed by atoms with E-state index in [1.165, 1.54) is 7.11 Å². The standard InChI is InChI=1S/C18H16BrNO4/c1-23-17(21)10-12-3-2-4-13(9-12)18(22)20-7-8-24-16-11-14(19)5-6-15(16)20/h2-6,9,11H,7-8,10H2,1H3. The number of carbonyl (C=O) groups excluding carboxylic acids is 2. The highest BCUT2D eigenvalue weighted by Gasteiger charge is 2.25. The zero-order chi connectivity index (χ0) is 17.1. The Morgan fingerprint density at radius 1 is 1.25 bits per heavy atom. The van der Waals surface area contributed by atoms with E-state index in [2.05, 4.69) is 20.7 Å². The van der Waals surface area contributed by atoms with E-state index in [0.717, 1.165) is 15.7 Å². The first-order chi connectivity index (χ1) is 11.6. The molecule has 0 atom stereocenters. The number of rotatable bonds is 3. The van der Waals surface area contributed by atoms with Crippen molar-refractivity contribution in [2.75, 3.05) is 25.2 Å². The third kappa shape index (κ3) is 3.43. The molecule has 0 unspecified atom stereocenters. The van der Waals surface area contributed by atoms with Gasteiger partial charge in [0, 0.05) is 10.0 Å². The summed E-state index contributed by atoms with van der Waals surface area (Å²) >= 11 is 3.40. The lowest BCUT2D eigenvalue weighted by Crippen LogP contribution is -2.38. The van der Waals surface area contributed by atoms with Crippen LogP contribution in [0.1, 0.15) is 15.9 Å². The summed E-state index contributed by atoms with van der Waals surface area (Å²) < 4.78 is 11.2. The molecule has 0 N–H and O–H groups in total. The number of benzene rings is 2. The first-order valence-electron chi connectivity index (χ1n) is 7.48. The fraction of sp³-hybridized carbons (Fsp3) is 0.222. The number of hydrogen-bond acceptors (Lipinski definition) is 4. The number of halogens is 1. The molecule has 1 heterocycles. The molecule has 0 fully saturated rings. The molecule has 0 aliphatic carbocycles. The summed E-state index contributed by atoms with van der Waals surface area (Å²) in [5.74, 6) is 0.226. The van der Waals surface area contributed by atoms with Crippen LogP contribution >= 0.6 is 15.9 Å². The summed E-state index contributed by atoms with van der Waals surface area (Å²) in [6.45, 7) is 0.922. The maximum Gasteiger partial charge on any atom is 0.309 e. The fourth-order valence-corrected chi connectivity index (χ4v) is 2.95. The van der Waals surface area contributed by atoms with Crippen LogP contribution in [0.15, 0.2) is 46.9 Å². The molecule has 0 radical (unpaired) electrons. The van der Waals surface area contributed by atoms with Crippen LogP contribution in [0, 0.1) is 0 Å². The Bertz CT molecular complexity index is 790. The van der Waals surface area contributed by atoms with Crippen molar-refractivity contribution < 1.29 is 19.1 Å². The molecule has 1 amide bonds. The number of carbonyl (C=O) groups is 2. The number of esters is 1. The lowest BCUT2D eigenvalue weighted by atomic mass is 10.1. The van der Waals surface area contributed by atoms with Gasteiger partial charge in [0.05, 0.1) is 25.8 Å². The fourth-order valence-electron chi connectivity index (χ4n) is 2.61. The van der Waals surface area contributed by atoms with E-state index in [4.69, 9.17) is 4.74 Å². The number of hydrogen-bond donors (Lipinski definition) is 0. The zero-order valence-electron chi connectivity index (χ0n) is 13.1. The van der Waals surface area contributed by atoms with Gasteiger partial charge in [-0.3, -0.25) is 9.59 Å².